The molecule has 1 aliphatic rings. The van der Waals surface area contributed by atoms with E-state index in [0.29, 0.717) is 5.92 Å². The number of carbonyl (C=O) groups is 1. The molecule has 1 saturated heterocycles. The van der Waals surface area contributed by atoms with Crippen LogP contribution < -0.4 is 10.2 Å². The van der Waals surface area contributed by atoms with E-state index in [-0.39, 0.29) is 12.1 Å². The van der Waals surface area contributed by atoms with Crippen molar-refractivity contribution < 1.29 is 4.79 Å². The van der Waals surface area contributed by atoms with Crippen molar-refractivity contribution in [3.05, 3.63) is 11.6 Å². The van der Waals surface area contributed by atoms with E-state index in [1.165, 1.54) is 0 Å². The third-order valence-electron chi connectivity index (χ3n) is 3.61. The van der Waals surface area contributed by atoms with Crippen molar-refractivity contribution in [1.29, 1.82) is 0 Å². The number of aromatic nitrogens is 1. The highest BCUT2D eigenvalue weighted by molar-refractivity contribution is 7.13. The van der Waals surface area contributed by atoms with Gasteiger partial charge in [-0.05, 0) is 12.8 Å². The molecule has 106 valence electrons. The molecule has 0 aliphatic carbocycles. The summed E-state index contributed by atoms with van der Waals surface area (Å²) in [6, 6.07) is 0.268. The van der Waals surface area contributed by atoms with Gasteiger partial charge in [0.25, 0.3) is 0 Å². The maximum atomic E-state index is 12.1. The lowest BCUT2D eigenvalue weighted by Crippen LogP contribution is -2.53. The largest absolute Gasteiger partial charge is 0.345 e. The molecule has 0 radical (unpaired) electrons. The molecule has 1 aromatic rings. The van der Waals surface area contributed by atoms with Gasteiger partial charge in [-0.1, -0.05) is 13.8 Å². The third-order valence-corrected chi connectivity index (χ3v) is 4.44. The minimum Gasteiger partial charge on any atom is -0.345 e. The Morgan fingerprint density at radius 3 is 2.53 bits per heavy atom. The first-order valence-electron chi connectivity index (χ1n) is 6.78. The summed E-state index contributed by atoms with van der Waals surface area (Å²) in [6.45, 7) is 9.52. The standard InChI is InChI=1S/C13H22N4OS/c1-10(2)11(3)15-12(18)16-5-7-17(8-6-16)13-14-4-9-19-13/h4,9-11H,5-8H2,1-3H3,(H,15,18)/t11-/m0/s1. The van der Waals surface area contributed by atoms with Gasteiger partial charge in [-0.25, -0.2) is 9.78 Å². The fourth-order valence-electron chi connectivity index (χ4n) is 1.93. The zero-order chi connectivity index (χ0) is 13.8. The molecule has 5 nitrogen and oxygen atoms in total. The van der Waals surface area contributed by atoms with Crippen molar-refractivity contribution in [2.24, 2.45) is 5.92 Å². The van der Waals surface area contributed by atoms with Gasteiger partial charge < -0.3 is 15.1 Å². The van der Waals surface area contributed by atoms with Crippen molar-refractivity contribution >= 4 is 22.5 Å². The molecule has 1 fully saturated rings. The topological polar surface area (TPSA) is 48.5 Å². The first-order valence-corrected chi connectivity index (χ1v) is 7.65. The van der Waals surface area contributed by atoms with E-state index in [9.17, 15) is 4.79 Å². The number of nitrogens with one attached hydrogen (secondary N) is 1. The zero-order valence-electron chi connectivity index (χ0n) is 11.8. The Kier molecular flexibility index (Phi) is 4.63. The van der Waals surface area contributed by atoms with Crippen molar-refractivity contribution in [2.75, 3.05) is 31.1 Å². The molecule has 0 aromatic carbocycles. The lowest BCUT2D eigenvalue weighted by molar-refractivity contribution is 0.188. The number of hydrogen-bond acceptors (Lipinski definition) is 4. The van der Waals surface area contributed by atoms with Gasteiger partial charge in [-0.2, -0.15) is 0 Å². The van der Waals surface area contributed by atoms with Crippen LogP contribution in [0.25, 0.3) is 0 Å². The lowest BCUT2D eigenvalue weighted by atomic mass is 10.1. The summed E-state index contributed by atoms with van der Waals surface area (Å²) >= 11 is 1.65. The van der Waals surface area contributed by atoms with Crippen LogP contribution >= 0.6 is 11.3 Å². The number of anilines is 1. The number of hydrogen-bond donors (Lipinski definition) is 1. The van der Waals surface area contributed by atoms with E-state index in [0.717, 1.165) is 31.3 Å². The summed E-state index contributed by atoms with van der Waals surface area (Å²) in [5.41, 5.74) is 0. The second kappa shape index (κ2) is 6.23. The number of urea groups is 1. The summed E-state index contributed by atoms with van der Waals surface area (Å²) in [5, 5.41) is 6.09. The molecular weight excluding hydrogens is 260 g/mol. The minimum absolute atomic E-state index is 0.0555. The molecule has 0 unspecified atom stereocenters. The van der Waals surface area contributed by atoms with Crippen molar-refractivity contribution in [3.8, 4) is 0 Å². The van der Waals surface area contributed by atoms with Gasteiger partial charge in [0, 0.05) is 43.8 Å². The summed E-state index contributed by atoms with van der Waals surface area (Å²) in [7, 11) is 0. The number of carbonyl (C=O) groups excluding carboxylic acids is 1. The van der Waals surface area contributed by atoms with Gasteiger partial charge in [-0.15, -0.1) is 11.3 Å². The molecule has 0 spiro atoms. The van der Waals surface area contributed by atoms with Gasteiger partial charge in [0.05, 0.1) is 0 Å². The predicted octanol–water partition coefficient (Wildman–Crippen LogP) is 2.02. The lowest BCUT2D eigenvalue weighted by Gasteiger charge is -2.35. The van der Waals surface area contributed by atoms with Gasteiger partial charge in [0.15, 0.2) is 5.13 Å². The van der Waals surface area contributed by atoms with Crippen molar-refractivity contribution in [1.82, 2.24) is 15.2 Å². The second-order valence-corrected chi connectivity index (χ2v) is 6.14. The molecule has 1 aromatic heterocycles. The third kappa shape index (κ3) is 3.59. The minimum atomic E-state index is 0.0555. The Bertz CT molecular complexity index is 399. The average Bonchev–Trinajstić information content (AvgIpc) is 2.92. The van der Waals surface area contributed by atoms with Crippen LogP contribution in [0.2, 0.25) is 0 Å². The molecule has 19 heavy (non-hydrogen) atoms. The molecule has 1 atom stereocenters. The maximum absolute atomic E-state index is 12.1. The number of amides is 2. The molecule has 2 heterocycles. The Balaban J connectivity index is 1.81. The number of piperazine rings is 1. The number of rotatable bonds is 3. The number of nitrogens with zero attached hydrogens (tertiary/aromatic N) is 3. The van der Waals surface area contributed by atoms with Crippen molar-refractivity contribution in [2.45, 2.75) is 26.8 Å². The average molecular weight is 282 g/mol. The van der Waals surface area contributed by atoms with Crippen LogP contribution in [0.3, 0.4) is 0 Å². The molecule has 0 bridgehead atoms. The Hall–Kier alpha value is -1.30. The first-order chi connectivity index (χ1) is 9.08. The molecule has 1 N–H and O–H groups in total. The molecular formula is C13H22N4OS. The monoisotopic (exact) mass is 282 g/mol. The van der Waals surface area contributed by atoms with Crippen molar-refractivity contribution in [3.63, 3.8) is 0 Å². The number of thiazole rings is 1. The highest BCUT2D eigenvalue weighted by atomic mass is 32.1. The smallest absolute Gasteiger partial charge is 0.317 e. The highest BCUT2D eigenvalue weighted by Gasteiger charge is 2.23. The summed E-state index contributed by atoms with van der Waals surface area (Å²) in [5.74, 6) is 0.459. The predicted molar refractivity (Wildman–Crippen MR) is 78.7 cm³/mol. The summed E-state index contributed by atoms with van der Waals surface area (Å²) in [4.78, 5) is 20.5. The van der Waals surface area contributed by atoms with Crippen LogP contribution in [-0.2, 0) is 0 Å². The van der Waals surface area contributed by atoms with Crippen LogP contribution in [0.1, 0.15) is 20.8 Å². The summed E-state index contributed by atoms with van der Waals surface area (Å²) < 4.78 is 0. The molecule has 0 saturated carbocycles. The maximum Gasteiger partial charge on any atom is 0.317 e. The first kappa shape index (κ1) is 14.1. The van der Waals surface area contributed by atoms with Crippen LogP contribution in [0, 0.1) is 5.92 Å². The van der Waals surface area contributed by atoms with Crippen LogP contribution in [0.15, 0.2) is 11.6 Å². The molecule has 1 aliphatic heterocycles. The Labute approximate surface area is 118 Å². The van der Waals surface area contributed by atoms with Crippen LogP contribution in [0.4, 0.5) is 9.93 Å². The second-order valence-electron chi connectivity index (χ2n) is 5.27. The van der Waals surface area contributed by atoms with Crippen LogP contribution in [-0.4, -0.2) is 48.1 Å². The normalized spacial score (nSPS) is 17.7. The summed E-state index contributed by atoms with van der Waals surface area (Å²) in [6.07, 6.45) is 1.82. The van der Waals surface area contributed by atoms with E-state index in [1.54, 1.807) is 11.3 Å². The SMILES string of the molecule is CC(C)[C@H](C)NC(=O)N1CCN(c2nccs2)CC1. The fraction of sp³-hybridized carbons (Fsp3) is 0.692. The Morgan fingerprint density at radius 2 is 2.00 bits per heavy atom. The van der Waals surface area contributed by atoms with E-state index in [1.807, 2.05) is 23.4 Å². The molecule has 2 rings (SSSR count). The van der Waals surface area contributed by atoms with E-state index in [4.69, 9.17) is 0 Å². The van der Waals surface area contributed by atoms with Gasteiger partial charge in [0.1, 0.15) is 0 Å². The van der Waals surface area contributed by atoms with Crippen LogP contribution in [0.5, 0.6) is 0 Å². The van der Waals surface area contributed by atoms with E-state index < -0.39 is 0 Å². The van der Waals surface area contributed by atoms with Gasteiger partial charge >= 0.3 is 6.03 Å². The van der Waals surface area contributed by atoms with E-state index in [2.05, 4.69) is 29.0 Å². The highest BCUT2D eigenvalue weighted by Crippen LogP contribution is 2.18. The van der Waals surface area contributed by atoms with Gasteiger partial charge in [0.2, 0.25) is 0 Å². The van der Waals surface area contributed by atoms with E-state index >= 15 is 0 Å². The quantitative estimate of drug-likeness (QED) is 0.922. The fourth-order valence-corrected chi connectivity index (χ4v) is 2.62. The zero-order valence-corrected chi connectivity index (χ0v) is 12.6. The Morgan fingerprint density at radius 1 is 1.32 bits per heavy atom. The molecule has 6 heteroatoms. The van der Waals surface area contributed by atoms with Gasteiger partial charge in [-0.3, -0.25) is 0 Å². The molecule has 2 amide bonds.